The molecular weight excluding hydrogens is 310 g/mol. The number of rotatable bonds is 5. The topological polar surface area (TPSA) is 38.3 Å². The lowest BCUT2D eigenvalue weighted by atomic mass is 9.96. The fraction of sp³-hybridized carbons (Fsp3) is 0.316. The van der Waals surface area contributed by atoms with Gasteiger partial charge in [-0.3, -0.25) is 4.79 Å². The number of ether oxygens (including phenoxy) is 1. The Morgan fingerprint density at radius 2 is 2.09 bits per heavy atom. The van der Waals surface area contributed by atoms with Crippen molar-refractivity contribution in [2.45, 2.75) is 19.3 Å². The summed E-state index contributed by atoms with van der Waals surface area (Å²) in [4.78, 5) is 12.0. The van der Waals surface area contributed by atoms with Crippen molar-refractivity contribution in [2.75, 3.05) is 13.2 Å². The van der Waals surface area contributed by atoms with Gasteiger partial charge in [0.1, 0.15) is 5.75 Å². The normalized spacial score (nSPS) is 16.3. The highest BCUT2D eigenvalue weighted by atomic mass is 35.5. The van der Waals surface area contributed by atoms with Crippen LogP contribution in [0.2, 0.25) is 5.02 Å². The second-order valence-corrected chi connectivity index (χ2v) is 6.36. The Morgan fingerprint density at radius 3 is 2.96 bits per heavy atom. The zero-order valence-electron chi connectivity index (χ0n) is 12.9. The number of hydrogen-bond acceptors (Lipinski definition) is 2. The van der Waals surface area contributed by atoms with Crippen LogP contribution in [0.5, 0.6) is 5.75 Å². The van der Waals surface area contributed by atoms with Gasteiger partial charge in [0.25, 0.3) is 0 Å². The average molecular weight is 330 g/mol. The van der Waals surface area contributed by atoms with E-state index in [1.165, 1.54) is 5.56 Å². The first-order valence-electron chi connectivity index (χ1n) is 7.92. The van der Waals surface area contributed by atoms with Crippen molar-refractivity contribution in [3.05, 3.63) is 64.7 Å². The van der Waals surface area contributed by atoms with E-state index in [4.69, 9.17) is 16.3 Å². The molecule has 3 rings (SSSR count). The molecule has 0 saturated carbocycles. The Balaban J connectivity index is 1.43. The van der Waals surface area contributed by atoms with Gasteiger partial charge in [0.15, 0.2) is 0 Å². The summed E-state index contributed by atoms with van der Waals surface area (Å²) < 4.78 is 5.74. The van der Waals surface area contributed by atoms with Crippen molar-refractivity contribution in [1.82, 2.24) is 5.32 Å². The first-order chi connectivity index (χ1) is 11.2. The molecule has 120 valence electrons. The Morgan fingerprint density at radius 1 is 1.22 bits per heavy atom. The van der Waals surface area contributed by atoms with E-state index in [9.17, 15) is 4.79 Å². The molecule has 1 aliphatic rings. The van der Waals surface area contributed by atoms with Crippen molar-refractivity contribution in [3.63, 3.8) is 0 Å². The molecule has 0 spiro atoms. The minimum Gasteiger partial charge on any atom is -0.493 e. The summed E-state index contributed by atoms with van der Waals surface area (Å²) in [7, 11) is 0. The van der Waals surface area contributed by atoms with Gasteiger partial charge in [-0.05, 0) is 42.2 Å². The second-order valence-electron chi connectivity index (χ2n) is 5.92. The minimum atomic E-state index is 0.0730. The highest BCUT2D eigenvalue weighted by Gasteiger charge is 2.19. The molecule has 3 nitrogen and oxygen atoms in total. The SMILES string of the molecule is O=C(CCc1cccc(Cl)c1)NCC1COc2ccccc2C1. The summed E-state index contributed by atoms with van der Waals surface area (Å²) in [5, 5.41) is 3.73. The van der Waals surface area contributed by atoms with Crippen molar-refractivity contribution in [2.24, 2.45) is 5.92 Å². The van der Waals surface area contributed by atoms with Crippen LogP contribution in [0.4, 0.5) is 0 Å². The second kappa shape index (κ2) is 7.51. The molecule has 1 atom stereocenters. The first-order valence-corrected chi connectivity index (χ1v) is 8.30. The van der Waals surface area contributed by atoms with E-state index >= 15 is 0 Å². The van der Waals surface area contributed by atoms with E-state index < -0.39 is 0 Å². The summed E-state index contributed by atoms with van der Waals surface area (Å²) in [6, 6.07) is 15.7. The molecule has 2 aromatic carbocycles. The lowest BCUT2D eigenvalue weighted by Crippen LogP contribution is -2.34. The highest BCUT2D eigenvalue weighted by molar-refractivity contribution is 6.30. The minimum absolute atomic E-state index is 0.0730. The third-order valence-electron chi connectivity index (χ3n) is 4.07. The van der Waals surface area contributed by atoms with E-state index in [2.05, 4.69) is 11.4 Å². The number of halogens is 1. The maximum Gasteiger partial charge on any atom is 0.220 e. The maximum absolute atomic E-state index is 12.0. The van der Waals surface area contributed by atoms with E-state index in [1.807, 2.05) is 42.5 Å². The summed E-state index contributed by atoms with van der Waals surface area (Å²) >= 11 is 5.95. The number of para-hydroxylation sites is 1. The third kappa shape index (κ3) is 4.49. The van der Waals surface area contributed by atoms with Gasteiger partial charge in [-0.1, -0.05) is 41.9 Å². The molecule has 1 N–H and O–H groups in total. The maximum atomic E-state index is 12.0. The molecule has 0 radical (unpaired) electrons. The van der Waals surface area contributed by atoms with E-state index in [0.29, 0.717) is 36.9 Å². The van der Waals surface area contributed by atoms with Crippen LogP contribution in [0.25, 0.3) is 0 Å². The number of benzene rings is 2. The average Bonchev–Trinajstić information content (AvgIpc) is 2.58. The zero-order valence-corrected chi connectivity index (χ0v) is 13.7. The molecule has 1 amide bonds. The molecule has 0 aliphatic carbocycles. The third-order valence-corrected chi connectivity index (χ3v) is 4.31. The summed E-state index contributed by atoms with van der Waals surface area (Å²) in [5.41, 5.74) is 2.31. The summed E-state index contributed by atoms with van der Waals surface area (Å²) in [6.45, 7) is 1.31. The van der Waals surface area contributed by atoms with E-state index in [1.54, 1.807) is 0 Å². The van der Waals surface area contributed by atoms with Crippen LogP contribution in [-0.4, -0.2) is 19.1 Å². The van der Waals surface area contributed by atoms with Gasteiger partial charge in [0, 0.05) is 23.9 Å². The van der Waals surface area contributed by atoms with Gasteiger partial charge >= 0.3 is 0 Å². The largest absolute Gasteiger partial charge is 0.493 e. The van der Waals surface area contributed by atoms with Crippen LogP contribution >= 0.6 is 11.6 Å². The van der Waals surface area contributed by atoms with Gasteiger partial charge in [-0.2, -0.15) is 0 Å². The van der Waals surface area contributed by atoms with Crippen LogP contribution in [-0.2, 0) is 17.6 Å². The molecular formula is C19H20ClNO2. The van der Waals surface area contributed by atoms with Gasteiger partial charge in [-0.25, -0.2) is 0 Å². The molecule has 23 heavy (non-hydrogen) atoms. The lowest BCUT2D eigenvalue weighted by molar-refractivity contribution is -0.121. The molecule has 0 bridgehead atoms. The van der Waals surface area contributed by atoms with Crippen molar-refractivity contribution < 1.29 is 9.53 Å². The van der Waals surface area contributed by atoms with Crippen LogP contribution in [0.3, 0.4) is 0 Å². The Kier molecular flexibility index (Phi) is 5.19. The fourth-order valence-corrected chi connectivity index (χ4v) is 3.03. The standard InChI is InChI=1S/C19H20ClNO2/c20-17-6-3-4-14(11-17)8-9-19(22)21-12-15-10-16-5-1-2-7-18(16)23-13-15/h1-7,11,15H,8-10,12-13H2,(H,21,22). The number of carbonyl (C=O) groups excluding carboxylic acids is 1. The molecule has 1 unspecified atom stereocenters. The fourth-order valence-electron chi connectivity index (χ4n) is 2.82. The smallest absolute Gasteiger partial charge is 0.220 e. The van der Waals surface area contributed by atoms with Gasteiger partial charge < -0.3 is 10.1 Å². The number of aryl methyl sites for hydroxylation is 1. The quantitative estimate of drug-likeness (QED) is 0.909. The number of carbonyl (C=O) groups is 1. The number of amides is 1. The first kappa shape index (κ1) is 15.9. The number of hydrogen-bond donors (Lipinski definition) is 1. The molecule has 0 saturated heterocycles. The Hall–Kier alpha value is -2.00. The molecule has 2 aromatic rings. The zero-order chi connectivity index (χ0) is 16.1. The summed E-state index contributed by atoms with van der Waals surface area (Å²) in [5.74, 6) is 1.37. The van der Waals surface area contributed by atoms with Crippen LogP contribution < -0.4 is 10.1 Å². The van der Waals surface area contributed by atoms with Crippen molar-refractivity contribution >= 4 is 17.5 Å². The number of nitrogens with one attached hydrogen (secondary N) is 1. The van der Waals surface area contributed by atoms with Crippen molar-refractivity contribution in [1.29, 1.82) is 0 Å². The Labute approximate surface area is 141 Å². The monoisotopic (exact) mass is 329 g/mol. The highest BCUT2D eigenvalue weighted by Crippen LogP contribution is 2.26. The van der Waals surface area contributed by atoms with Crippen LogP contribution in [0.15, 0.2) is 48.5 Å². The summed E-state index contributed by atoms with van der Waals surface area (Å²) in [6.07, 6.45) is 2.13. The predicted molar refractivity (Wildman–Crippen MR) is 91.9 cm³/mol. The van der Waals surface area contributed by atoms with E-state index in [0.717, 1.165) is 17.7 Å². The molecule has 0 aromatic heterocycles. The van der Waals surface area contributed by atoms with Crippen LogP contribution in [0.1, 0.15) is 17.5 Å². The van der Waals surface area contributed by atoms with Gasteiger partial charge in [0.05, 0.1) is 6.61 Å². The van der Waals surface area contributed by atoms with Crippen molar-refractivity contribution in [3.8, 4) is 5.75 Å². The molecule has 1 aliphatic heterocycles. The Bertz CT molecular complexity index is 687. The predicted octanol–water partition coefficient (Wildman–Crippen LogP) is 3.64. The van der Waals surface area contributed by atoms with E-state index in [-0.39, 0.29) is 5.91 Å². The molecule has 1 heterocycles. The lowest BCUT2D eigenvalue weighted by Gasteiger charge is -2.25. The van der Waals surface area contributed by atoms with Gasteiger partial charge in [-0.15, -0.1) is 0 Å². The molecule has 0 fully saturated rings. The van der Waals surface area contributed by atoms with Crippen LogP contribution in [0, 0.1) is 5.92 Å². The van der Waals surface area contributed by atoms with Gasteiger partial charge in [0.2, 0.25) is 5.91 Å². The molecule has 4 heteroatoms. The number of fused-ring (bicyclic) bond motifs is 1.